The quantitative estimate of drug-likeness (QED) is 0.831. The van der Waals surface area contributed by atoms with Gasteiger partial charge in [-0.15, -0.1) is 0 Å². The first kappa shape index (κ1) is 19.4. The summed E-state index contributed by atoms with van der Waals surface area (Å²) < 4.78 is 0. The molecule has 1 aliphatic heterocycles. The molecule has 1 aromatic carbocycles. The van der Waals surface area contributed by atoms with Crippen molar-refractivity contribution in [3.05, 3.63) is 29.8 Å². The normalized spacial score (nSPS) is 17.8. The molecule has 0 aromatic heterocycles. The van der Waals surface area contributed by atoms with Crippen molar-refractivity contribution in [1.82, 2.24) is 4.90 Å². The molecular formula is C20H30N2O3. The van der Waals surface area contributed by atoms with Crippen molar-refractivity contribution in [3.8, 4) is 0 Å². The lowest BCUT2D eigenvalue weighted by molar-refractivity contribution is -0.120. The van der Waals surface area contributed by atoms with Crippen molar-refractivity contribution in [3.63, 3.8) is 0 Å². The van der Waals surface area contributed by atoms with Crippen LogP contribution in [0.3, 0.4) is 0 Å². The number of hydrogen-bond acceptors (Lipinski definition) is 3. The van der Waals surface area contributed by atoms with E-state index < -0.39 is 0 Å². The van der Waals surface area contributed by atoms with E-state index in [1.807, 2.05) is 17.9 Å². The lowest BCUT2D eigenvalue weighted by Gasteiger charge is -2.31. The average molecular weight is 346 g/mol. The largest absolute Gasteiger partial charge is 0.396 e. The summed E-state index contributed by atoms with van der Waals surface area (Å²) in [6, 6.07) is 7.16. The van der Waals surface area contributed by atoms with Gasteiger partial charge in [-0.2, -0.15) is 0 Å². The van der Waals surface area contributed by atoms with Gasteiger partial charge in [0.2, 0.25) is 5.91 Å². The van der Waals surface area contributed by atoms with E-state index in [2.05, 4.69) is 19.2 Å². The van der Waals surface area contributed by atoms with E-state index in [-0.39, 0.29) is 24.3 Å². The molecule has 1 aliphatic rings. The van der Waals surface area contributed by atoms with E-state index in [1.165, 1.54) is 0 Å². The third-order valence-corrected chi connectivity index (χ3v) is 5.45. The smallest absolute Gasteiger partial charge is 0.253 e. The van der Waals surface area contributed by atoms with Crippen LogP contribution in [0.1, 0.15) is 50.4 Å². The molecule has 5 nitrogen and oxygen atoms in total. The molecule has 138 valence electrons. The maximum absolute atomic E-state index is 12.7. The fourth-order valence-electron chi connectivity index (χ4n) is 3.10. The molecule has 5 heteroatoms. The molecular weight excluding hydrogens is 316 g/mol. The number of nitrogens with one attached hydrogen (secondary N) is 1. The van der Waals surface area contributed by atoms with Gasteiger partial charge in [-0.25, -0.2) is 0 Å². The van der Waals surface area contributed by atoms with Crippen LogP contribution in [-0.2, 0) is 4.79 Å². The van der Waals surface area contributed by atoms with Crippen molar-refractivity contribution >= 4 is 17.5 Å². The summed E-state index contributed by atoms with van der Waals surface area (Å²) in [6.07, 6.45) is 2.63. The number of nitrogens with zero attached hydrogens (tertiary/aromatic N) is 1. The summed E-state index contributed by atoms with van der Waals surface area (Å²) in [7, 11) is 0. The van der Waals surface area contributed by atoms with Gasteiger partial charge in [-0.05, 0) is 42.9 Å². The number of aliphatic hydroxyl groups excluding tert-OH is 1. The number of aliphatic hydroxyl groups is 1. The van der Waals surface area contributed by atoms with Gasteiger partial charge >= 0.3 is 0 Å². The minimum atomic E-state index is -0.0677. The second kappa shape index (κ2) is 8.99. The number of piperidine rings is 1. The fourth-order valence-corrected chi connectivity index (χ4v) is 3.10. The second-order valence-corrected chi connectivity index (χ2v) is 7.16. The number of likely N-dealkylation sites (tertiary alicyclic amines) is 1. The Morgan fingerprint density at radius 3 is 2.56 bits per heavy atom. The van der Waals surface area contributed by atoms with Crippen molar-refractivity contribution in [2.24, 2.45) is 17.8 Å². The summed E-state index contributed by atoms with van der Waals surface area (Å²) in [5.74, 6) is 0.529. The molecule has 1 heterocycles. The number of carbonyl (C=O) groups excluding carboxylic acids is 2. The zero-order chi connectivity index (χ0) is 18.4. The summed E-state index contributed by atoms with van der Waals surface area (Å²) in [5.41, 5.74) is 1.26. The molecule has 2 atom stereocenters. The second-order valence-electron chi connectivity index (χ2n) is 7.16. The number of rotatable bonds is 6. The average Bonchev–Trinajstić information content (AvgIpc) is 2.66. The van der Waals surface area contributed by atoms with Gasteiger partial charge in [0.1, 0.15) is 0 Å². The molecule has 1 saturated heterocycles. The first-order valence-electron chi connectivity index (χ1n) is 9.27. The van der Waals surface area contributed by atoms with E-state index in [1.54, 1.807) is 18.2 Å². The highest BCUT2D eigenvalue weighted by molar-refractivity contribution is 5.97. The van der Waals surface area contributed by atoms with Crippen LogP contribution >= 0.6 is 0 Å². The molecule has 25 heavy (non-hydrogen) atoms. The maximum Gasteiger partial charge on any atom is 0.253 e. The highest BCUT2D eigenvalue weighted by Crippen LogP contribution is 2.21. The topological polar surface area (TPSA) is 69.6 Å². The number of carbonyl (C=O) groups is 2. The van der Waals surface area contributed by atoms with E-state index in [0.29, 0.717) is 36.2 Å². The Morgan fingerprint density at radius 1 is 1.28 bits per heavy atom. The zero-order valence-electron chi connectivity index (χ0n) is 15.5. The Balaban J connectivity index is 2.01. The van der Waals surface area contributed by atoms with Crippen molar-refractivity contribution in [2.75, 3.05) is 25.0 Å². The molecule has 0 radical (unpaired) electrons. The van der Waals surface area contributed by atoms with Gasteiger partial charge < -0.3 is 15.3 Å². The number of benzene rings is 1. The van der Waals surface area contributed by atoms with E-state index >= 15 is 0 Å². The standard InChI is InChI=1S/C20H30N2O3/c1-4-14(2)15(3)19(24)21-18-7-5-6-17(12-18)20(25)22-10-8-16(13-23)9-11-22/h5-7,12,14-16,23H,4,8-11,13H2,1-3H3,(H,21,24). The lowest BCUT2D eigenvalue weighted by atomic mass is 9.93. The minimum absolute atomic E-state index is 0.0114. The molecule has 2 unspecified atom stereocenters. The zero-order valence-corrected chi connectivity index (χ0v) is 15.5. The Morgan fingerprint density at radius 2 is 1.96 bits per heavy atom. The Bertz CT molecular complexity index is 594. The molecule has 2 N–H and O–H groups in total. The molecule has 2 amide bonds. The van der Waals surface area contributed by atoms with Crippen molar-refractivity contribution in [2.45, 2.75) is 40.0 Å². The van der Waals surface area contributed by atoms with Crippen LogP contribution < -0.4 is 5.32 Å². The molecule has 1 fully saturated rings. The van der Waals surface area contributed by atoms with Crippen LogP contribution in [-0.4, -0.2) is 41.5 Å². The van der Waals surface area contributed by atoms with Crippen molar-refractivity contribution in [1.29, 1.82) is 0 Å². The number of anilines is 1. The highest BCUT2D eigenvalue weighted by Gasteiger charge is 2.24. The van der Waals surface area contributed by atoms with Crippen LogP contribution in [0.5, 0.6) is 0 Å². The van der Waals surface area contributed by atoms with Crippen LogP contribution in [0, 0.1) is 17.8 Å². The van der Waals surface area contributed by atoms with Crippen molar-refractivity contribution < 1.29 is 14.7 Å². The van der Waals surface area contributed by atoms with Gasteiger partial charge in [-0.3, -0.25) is 9.59 Å². The lowest BCUT2D eigenvalue weighted by Crippen LogP contribution is -2.39. The molecule has 1 aromatic rings. The molecule has 0 saturated carbocycles. The number of hydrogen-bond donors (Lipinski definition) is 2. The van der Waals surface area contributed by atoms with Gasteiger partial charge in [-0.1, -0.05) is 33.3 Å². The van der Waals surface area contributed by atoms with Gasteiger partial charge in [0, 0.05) is 36.9 Å². The third kappa shape index (κ3) is 5.05. The molecule has 0 spiro atoms. The first-order chi connectivity index (χ1) is 12.0. The minimum Gasteiger partial charge on any atom is -0.396 e. The molecule has 0 bridgehead atoms. The number of amides is 2. The summed E-state index contributed by atoms with van der Waals surface area (Å²) >= 11 is 0. The van der Waals surface area contributed by atoms with Crippen LogP contribution in [0.15, 0.2) is 24.3 Å². The Hall–Kier alpha value is -1.88. The van der Waals surface area contributed by atoms with Gasteiger partial charge in [0.25, 0.3) is 5.91 Å². The summed E-state index contributed by atoms with van der Waals surface area (Å²) in [4.78, 5) is 26.8. The predicted molar refractivity (Wildman–Crippen MR) is 99.4 cm³/mol. The van der Waals surface area contributed by atoms with E-state index in [4.69, 9.17) is 0 Å². The fraction of sp³-hybridized carbons (Fsp3) is 0.600. The summed E-state index contributed by atoms with van der Waals surface area (Å²) in [5, 5.41) is 12.1. The van der Waals surface area contributed by atoms with Crippen LogP contribution in [0.2, 0.25) is 0 Å². The van der Waals surface area contributed by atoms with Gasteiger partial charge in [0.05, 0.1) is 0 Å². The van der Waals surface area contributed by atoms with E-state index in [9.17, 15) is 14.7 Å². The molecule has 2 rings (SSSR count). The van der Waals surface area contributed by atoms with E-state index in [0.717, 1.165) is 19.3 Å². The van der Waals surface area contributed by atoms with Crippen LogP contribution in [0.4, 0.5) is 5.69 Å². The Kier molecular flexibility index (Phi) is 7.00. The maximum atomic E-state index is 12.7. The first-order valence-corrected chi connectivity index (χ1v) is 9.27. The monoisotopic (exact) mass is 346 g/mol. The molecule has 0 aliphatic carbocycles. The third-order valence-electron chi connectivity index (χ3n) is 5.45. The summed E-state index contributed by atoms with van der Waals surface area (Å²) in [6.45, 7) is 7.62. The Labute approximate surface area is 150 Å². The highest BCUT2D eigenvalue weighted by atomic mass is 16.3. The SMILES string of the molecule is CCC(C)C(C)C(=O)Nc1cccc(C(=O)N2CCC(CO)CC2)c1. The predicted octanol–water partition coefficient (Wildman–Crippen LogP) is 3.15. The van der Waals surface area contributed by atoms with Gasteiger partial charge in [0.15, 0.2) is 0 Å². The van der Waals surface area contributed by atoms with Crippen LogP contribution in [0.25, 0.3) is 0 Å².